The van der Waals surface area contributed by atoms with Crippen LogP contribution in [0.2, 0.25) is 0 Å². The zero-order chi connectivity index (χ0) is 18.4. The van der Waals surface area contributed by atoms with Gasteiger partial charge >= 0.3 is 6.03 Å². The van der Waals surface area contributed by atoms with Crippen LogP contribution < -0.4 is 10.6 Å². The number of amides is 2. The maximum atomic E-state index is 12.1. The van der Waals surface area contributed by atoms with E-state index in [1.165, 1.54) is 0 Å². The molecule has 0 fully saturated rings. The SMILES string of the molecule is COCc1ccc(NC(=O)Nc2ccc(-c3nccc(C)n3)cc2)cc1. The van der Waals surface area contributed by atoms with Gasteiger partial charge in [-0.2, -0.15) is 0 Å². The Kier molecular flexibility index (Phi) is 5.56. The molecule has 3 rings (SSSR count). The number of rotatable bonds is 5. The van der Waals surface area contributed by atoms with E-state index < -0.39 is 0 Å². The molecule has 2 aromatic carbocycles. The van der Waals surface area contributed by atoms with Crippen LogP contribution in [0, 0.1) is 6.92 Å². The summed E-state index contributed by atoms with van der Waals surface area (Å²) in [5.74, 6) is 0.664. The van der Waals surface area contributed by atoms with E-state index in [1.54, 1.807) is 13.3 Å². The van der Waals surface area contributed by atoms with Gasteiger partial charge in [-0.05, 0) is 55.0 Å². The molecule has 0 aliphatic rings. The highest BCUT2D eigenvalue weighted by Crippen LogP contribution is 2.18. The summed E-state index contributed by atoms with van der Waals surface area (Å²) in [6, 6.07) is 16.5. The van der Waals surface area contributed by atoms with Crippen LogP contribution in [-0.4, -0.2) is 23.1 Å². The lowest BCUT2D eigenvalue weighted by molar-refractivity contribution is 0.185. The van der Waals surface area contributed by atoms with Crippen molar-refractivity contribution in [2.45, 2.75) is 13.5 Å². The molecule has 0 saturated carbocycles. The first-order valence-corrected chi connectivity index (χ1v) is 8.20. The lowest BCUT2D eigenvalue weighted by atomic mass is 10.2. The lowest BCUT2D eigenvalue weighted by Crippen LogP contribution is -2.19. The van der Waals surface area contributed by atoms with Crippen LogP contribution in [0.4, 0.5) is 16.2 Å². The largest absolute Gasteiger partial charge is 0.380 e. The van der Waals surface area contributed by atoms with Gasteiger partial charge in [0.1, 0.15) is 0 Å². The van der Waals surface area contributed by atoms with Crippen LogP contribution in [0.15, 0.2) is 60.8 Å². The predicted octanol–water partition coefficient (Wildman–Crippen LogP) is 4.24. The lowest BCUT2D eigenvalue weighted by Gasteiger charge is -2.09. The Labute approximate surface area is 152 Å². The van der Waals surface area contributed by atoms with Gasteiger partial charge in [-0.15, -0.1) is 0 Å². The van der Waals surface area contributed by atoms with Crippen molar-refractivity contribution < 1.29 is 9.53 Å². The summed E-state index contributed by atoms with van der Waals surface area (Å²) < 4.78 is 5.07. The van der Waals surface area contributed by atoms with Crippen molar-refractivity contribution >= 4 is 17.4 Å². The number of nitrogens with one attached hydrogen (secondary N) is 2. The van der Waals surface area contributed by atoms with Crippen molar-refractivity contribution in [3.63, 3.8) is 0 Å². The first kappa shape index (κ1) is 17.6. The summed E-state index contributed by atoms with van der Waals surface area (Å²) in [5, 5.41) is 5.60. The minimum Gasteiger partial charge on any atom is -0.380 e. The van der Waals surface area contributed by atoms with E-state index >= 15 is 0 Å². The molecule has 0 bridgehead atoms. The molecule has 6 nitrogen and oxygen atoms in total. The number of urea groups is 1. The highest BCUT2D eigenvalue weighted by Gasteiger charge is 2.05. The summed E-state index contributed by atoms with van der Waals surface area (Å²) in [5.41, 5.74) is 4.26. The van der Waals surface area contributed by atoms with Gasteiger partial charge in [0.2, 0.25) is 0 Å². The van der Waals surface area contributed by atoms with Crippen LogP contribution in [0.1, 0.15) is 11.3 Å². The second-order valence-corrected chi connectivity index (χ2v) is 5.81. The topological polar surface area (TPSA) is 76.1 Å². The van der Waals surface area contributed by atoms with E-state index in [1.807, 2.05) is 61.5 Å². The average Bonchev–Trinajstić information content (AvgIpc) is 2.64. The van der Waals surface area contributed by atoms with Crippen LogP contribution in [-0.2, 0) is 11.3 Å². The zero-order valence-corrected chi connectivity index (χ0v) is 14.7. The number of aromatic nitrogens is 2. The molecule has 2 amide bonds. The summed E-state index contributed by atoms with van der Waals surface area (Å²) in [6.07, 6.45) is 1.73. The minimum atomic E-state index is -0.302. The van der Waals surface area contributed by atoms with Crippen molar-refractivity contribution in [3.05, 3.63) is 72.1 Å². The molecule has 6 heteroatoms. The number of nitrogens with zero attached hydrogens (tertiary/aromatic N) is 2. The summed E-state index contributed by atoms with van der Waals surface area (Å²) in [7, 11) is 1.65. The Balaban J connectivity index is 1.60. The van der Waals surface area contributed by atoms with Gasteiger partial charge < -0.3 is 15.4 Å². The fourth-order valence-electron chi connectivity index (χ4n) is 2.44. The Bertz CT molecular complexity index is 877. The van der Waals surface area contributed by atoms with Gasteiger partial charge in [-0.1, -0.05) is 12.1 Å². The van der Waals surface area contributed by atoms with Gasteiger partial charge in [-0.25, -0.2) is 14.8 Å². The van der Waals surface area contributed by atoms with Crippen molar-refractivity contribution in [1.82, 2.24) is 9.97 Å². The second-order valence-electron chi connectivity index (χ2n) is 5.81. The van der Waals surface area contributed by atoms with Crippen molar-refractivity contribution in [2.24, 2.45) is 0 Å². The molecular formula is C20H20N4O2. The van der Waals surface area contributed by atoms with E-state index in [0.29, 0.717) is 23.8 Å². The Morgan fingerprint density at radius 1 is 0.962 bits per heavy atom. The number of benzene rings is 2. The molecule has 0 unspecified atom stereocenters. The highest BCUT2D eigenvalue weighted by atomic mass is 16.5. The van der Waals surface area contributed by atoms with Crippen LogP contribution >= 0.6 is 0 Å². The first-order valence-electron chi connectivity index (χ1n) is 8.20. The van der Waals surface area contributed by atoms with Gasteiger partial charge in [0.15, 0.2) is 5.82 Å². The smallest absolute Gasteiger partial charge is 0.323 e. The fourth-order valence-corrected chi connectivity index (χ4v) is 2.44. The predicted molar refractivity (Wildman–Crippen MR) is 102 cm³/mol. The van der Waals surface area contributed by atoms with Gasteiger partial charge in [0, 0.05) is 35.9 Å². The average molecular weight is 348 g/mol. The number of carbonyl (C=O) groups is 1. The van der Waals surface area contributed by atoms with Crippen LogP contribution in [0.5, 0.6) is 0 Å². The third-order valence-corrected chi connectivity index (χ3v) is 3.72. The number of anilines is 2. The second kappa shape index (κ2) is 8.22. The molecule has 3 aromatic rings. The molecule has 132 valence electrons. The molecule has 0 saturated heterocycles. The minimum absolute atomic E-state index is 0.302. The molecular weight excluding hydrogens is 328 g/mol. The Morgan fingerprint density at radius 2 is 1.58 bits per heavy atom. The number of ether oxygens (including phenoxy) is 1. The Morgan fingerprint density at radius 3 is 2.15 bits per heavy atom. The van der Waals surface area contributed by atoms with E-state index in [9.17, 15) is 4.79 Å². The zero-order valence-electron chi connectivity index (χ0n) is 14.7. The monoisotopic (exact) mass is 348 g/mol. The number of carbonyl (C=O) groups excluding carboxylic acids is 1. The number of aryl methyl sites for hydroxylation is 1. The summed E-state index contributed by atoms with van der Waals surface area (Å²) >= 11 is 0. The van der Waals surface area contributed by atoms with Crippen molar-refractivity contribution in [1.29, 1.82) is 0 Å². The molecule has 26 heavy (non-hydrogen) atoms. The normalized spacial score (nSPS) is 10.4. The van der Waals surface area contributed by atoms with E-state index in [-0.39, 0.29) is 6.03 Å². The van der Waals surface area contributed by atoms with E-state index in [2.05, 4.69) is 20.6 Å². The number of methoxy groups -OCH3 is 1. The number of hydrogen-bond acceptors (Lipinski definition) is 4. The molecule has 0 aliphatic carbocycles. The van der Waals surface area contributed by atoms with E-state index in [4.69, 9.17) is 4.74 Å². The van der Waals surface area contributed by atoms with Crippen molar-refractivity contribution in [3.8, 4) is 11.4 Å². The molecule has 1 heterocycles. The first-order chi connectivity index (χ1) is 12.6. The molecule has 0 radical (unpaired) electrons. The molecule has 2 N–H and O–H groups in total. The Hall–Kier alpha value is -3.25. The molecule has 1 aromatic heterocycles. The van der Waals surface area contributed by atoms with Gasteiger partial charge in [0.25, 0.3) is 0 Å². The van der Waals surface area contributed by atoms with E-state index in [0.717, 1.165) is 16.8 Å². The maximum absolute atomic E-state index is 12.1. The molecule has 0 atom stereocenters. The summed E-state index contributed by atoms with van der Waals surface area (Å²) in [4.78, 5) is 20.8. The van der Waals surface area contributed by atoms with Crippen LogP contribution in [0.3, 0.4) is 0 Å². The third kappa shape index (κ3) is 4.64. The molecule has 0 aliphatic heterocycles. The third-order valence-electron chi connectivity index (χ3n) is 3.72. The fraction of sp³-hybridized carbons (Fsp3) is 0.150. The van der Waals surface area contributed by atoms with Gasteiger partial charge in [-0.3, -0.25) is 0 Å². The highest BCUT2D eigenvalue weighted by molar-refractivity contribution is 5.99. The van der Waals surface area contributed by atoms with Gasteiger partial charge in [0.05, 0.1) is 6.61 Å². The maximum Gasteiger partial charge on any atom is 0.323 e. The van der Waals surface area contributed by atoms with Crippen molar-refractivity contribution in [2.75, 3.05) is 17.7 Å². The standard InChI is InChI=1S/C20H20N4O2/c1-14-11-12-21-19(22-14)16-5-9-18(10-6-16)24-20(25)23-17-7-3-15(4-8-17)13-26-2/h3-12H,13H2,1-2H3,(H2,23,24,25). The molecule has 0 spiro atoms. The number of hydrogen-bond donors (Lipinski definition) is 2. The summed E-state index contributed by atoms with van der Waals surface area (Å²) in [6.45, 7) is 2.47. The quantitative estimate of drug-likeness (QED) is 0.723. The van der Waals surface area contributed by atoms with Crippen LogP contribution in [0.25, 0.3) is 11.4 Å².